The van der Waals surface area contributed by atoms with Crippen LogP contribution in [0.3, 0.4) is 0 Å². The fraction of sp³-hybridized carbons (Fsp3) is 0.231. The van der Waals surface area contributed by atoms with Crippen LogP contribution in [0.25, 0.3) is 11.1 Å². The number of para-hydroxylation sites is 1. The van der Waals surface area contributed by atoms with E-state index in [1.54, 1.807) is 42.5 Å². The minimum atomic E-state index is -3.95. The average Bonchev–Trinajstić information content (AvgIpc) is 2.78. The minimum Gasteiger partial charge on any atom is -0.426 e. The molecule has 1 unspecified atom stereocenters. The van der Waals surface area contributed by atoms with Crippen molar-refractivity contribution in [3.63, 3.8) is 0 Å². The van der Waals surface area contributed by atoms with E-state index in [0.717, 1.165) is 0 Å². The molecule has 0 aliphatic rings. The number of esters is 1. The maximum Gasteiger partial charge on any atom is 0.316 e. The molecule has 4 N–H and O–H groups in total. The molecule has 184 valence electrons. The van der Waals surface area contributed by atoms with Gasteiger partial charge in [0, 0.05) is 16.9 Å². The van der Waals surface area contributed by atoms with Crippen LogP contribution in [-0.2, 0) is 14.8 Å². The number of rotatable bonds is 7. The molecule has 9 heteroatoms. The summed E-state index contributed by atoms with van der Waals surface area (Å²) in [6.07, 6.45) is 0. The lowest BCUT2D eigenvalue weighted by Gasteiger charge is -2.25. The molecule has 8 nitrogen and oxygen atoms in total. The van der Waals surface area contributed by atoms with Crippen molar-refractivity contribution in [3.05, 3.63) is 72.8 Å². The SMILES string of the molecule is CC(C(=O)Oc1ccccc1-c1cccc(NS(=O)(=O)c2cccc(NC(N)=O)c2)c1)C(C)(C)C. The zero-order chi connectivity index (χ0) is 25.8. The van der Waals surface area contributed by atoms with Crippen LogP contribution in [0.2, 0.25) is 0 Å². The molecule has 0 saturated carbocycles. The van der Waals surface area contributed by atoms with Crippen molar-refractivity contribution in [1.29, 1.82) is 0 Å². The Balaban J connectivity index is 1.88. The Kier molecular flexibility index (Phi) is 7.50. The summed E-state index contributed by atoms with van der Waals surface area (Å²) in [4.78, 5) is 23.7. The number of benzene rings is 3. The number of anilines is 2. The molecule has 0 aromatic heterocycles. The summed E-state index contributed by atoms with van der Waals surface area (Å²) in [5.41, 5.74) is 6.75. The highest BCUT2D eigenvalue weighted by molar-refractivity contribution is 7.92. The van der Waals surface area contributed by atoms with Gasteiger partial charge in [0.2, 0.25) is 0 Å². The Labute approximate surface area is 205 Å². The van der Waals surface area contributed by atoms with Crippen molar-refractivity contribution in [2.45, 2.75) is 32.6 Å². The molecule has 0 aliphatic heterocycles. The summed E-state index contributed by atoms with van der Waals surface area (Å²) in [5.74, 6) is -0.279. The van der Waals surface area contributed by atoms with Crippen LogP contribution in [0.5, 0.6) is 5.75 Å². The van der Waals surface area contributed by atoms with Gasteiger partial charge >= 0.3 is 12.0 Å². The van der Waals surface area contributed by atoms with E-state index in [-0.39, 0.29) is 27.9 Å². The van der Waals surface area contributed by atoms with Gasteiger partial charge in [0.25, 0.3) is 10.0 Å². The van der Waals surface area contributed by atoms with Gasteiger partial charge in [0.05, 0.1) is 10.8 Å². The third-order valence-electron chi connectivity index (χ3n) is 5.59. The van der Waals surface area contributed by atoms with E-state index in [4.69, 9.17) is 10.5 Å². The zero-order valence-electron chi connectivity index (χ0n) is 20.0. The van der Waals surface area contributed by atoms with Crippen LogP contribution in [0.15, 0.2) is 77.7 Å². The van der Waals surface area contributed by atoms with Crippen molar-refractivity contribution in [2.24, 2.45) is 17.1 Å². The van der Waals surface area contributed by atoms with E-state index in [9.17, 15) is 18.0 Å². The van der Waals surface area contributed by atoms with Gasteiger partial charge in [-0.3, -0.25) is 9.52 Å². The molecule has 0 bridgehead atoms. The first kappa shape index (κ1) is 25.8. The number of urea groups is 1. The van der Waals surface area contributed by atoms with E-state index in [1.165, 1.54) is 24.3 Å². The van der Waals surface area contributed by atoms with Gasteiger partial charge in [0.1, 0.15) is 5.75 Å². The van der Waals surface area contributed by atoms with Crippen LogP contribution in [-0.4, -0.2) is 20.4 Å². The van der Waals surface area contributed by atoms with Crippen LogP contribution in [0, 0.1) is 11.3 Å². The second-order valence-corrected chi connectivity index (χ2v) is 10.9. The van der Waals surface area contributed by atoms with Crippen LogP contribution >= 0.6 is 0 Å². The molecule has 1 atom stereocenters. The largest absolute Gasteiger partial charge is 0.426 e. The summed E-state index contributed by atoms with van der Waals surface area (Å²) in [6, 6.07) is 18.8. The van der Waals surface area contributed by atoms with Crippen molar-refractivity contribution in [2.75, 3.05) is 10.0 Å². The molecular formula is C26H29N3O5S. The molecule has 3 aromatic carbocycles. The molecule has 3 aromatic rings. The monoisotopic (exact) mass is 495 g/mol. The van der Waals surface area contributed by atoms with E-state index < -0.39 is 16.1 Å². The summed E-state index contributed by atoms with van der Waals surface area (Å²) in [5, 5.41) is 2.36. The van der Waals surface area contributed by atoms with Crippen molar-refractivity contribution >= 4 is 33.4 Å². The van der Waals surface area contributed by atoms with Crippen LogP contribution in [0.4, 0.5) is 16.2 Å². The standard InChI is InChI=1S/C26H29N3O5S/c1-17(26(2,3)4)24(30)34-23-14-6-5-13-22(23)18-9-7-11-20(15-18)29-35(32,33)21-12-8-10-19(16-21)28-25(27)31/h5-17,29H,1-4H3,(H3,27,28,31). The fourth-order valence-corrected chi connectivity index (χ4v) is 4.29. The number of nitrogens with one attached hydrogen (secondary N) is 2. The van der Waals surface area contributed by atoms with Gasteiger partial charge in [-0.05, 0) is 47.4 Å². The van der Waals surface area contributed by atoms with Gasteiger partial charge in [0.15, 0.2) is 0 Å². The van der Waals surface area contributed by atoms with Gasteiger partial charge in [-0.15, -0.1) is 0 Å². The molecule has 3 rings (SSSR count). The lowest BCUT2D eigenvalue weighted by Crippen LogP contribution is -2.29. The van der Waals surface area contributed by atoms with Crippen molar-refractivity contribution in [3.8, 4) is 16.9 Å². The highest BCUT2D eigenvalue weighted by Crippen LogP contribution is 2.34. The topological polar surface area (TPSA) is 128 Å². The number of hydrogen-bond donors (Lipinski definition) is 3. The van der Waals surface area contributed by atoms with E-state index >= 15 is 0 Å². The molecule has 2 amide bonds. The zero-order valence-corrected chi connectivity index (χ0v) is 20.8. The highest BCUT2D eigenvalue weighted by Gasteiger charge is 2.29. The van der Waals surface area contributed by atoms with Gasteiger partial charge in [-0.1, -0.05) is 64.1 Å². The number of ether oxygens (including phenoxy) is 1. The molecular weight excluding hydrogens is 466 g/mol. The van der Waals surface area contributed by atoms with Crippen LogP contribution < -0.4 is 20.5 Å². The Morgan fingerprint density at radius 2 is 1.57 bits per heavy atom. The third kappa shape index (κ3) is 6.60. The number of amides is 2. The predicted octanol–water partition coefficient (Wildman–Crippen LogP) is 5.23. The van der Waals surface area contributed by atoms with Gasteiger partial charge in [-0.2, -0.15) is 0 Å². The lowest BCUT2D eigenvalue weighted by molar-refractivity contribution is -0.141. The second kappa shape index (κ2) is 10.2. The summed E-state index contributed by atoms with van der Waals surface area (Å²) in [7, 11) is -3.95. The number of primary amides is 1. The summed E-state index contributed by atoms with van der Waals surface area (Å²) < 4.78 is 34.2. The number of carbonyl (C=O) groups is 2. The van der Waals surface area contributed by atoms with E-state index in [2.05, 4.69) is 10.0 Å². The second-order valence-electron chi connectivity index (χ2n) is 9.21. The maximum absolute atomic E-state index is 12.9. The first-order chi connectivity index (χ1) is 16.4. The molecule has 0 aliphatic carbocycles. The molecule has 0 saturated heterocycles. The van der Waals surface area contributed by atoms with E-state index in [1.807, 2.05) is 33.8 Å². The number of hydrogen-bond acceptors (Lipinski definition) is 5. The summed E-state index contributed by atoms with van der Waals surface area (Å²) >= 11 is 0. The Morgan fingerprint density at radius 1 is 0.914 bits per heavy atom. The predicted molar refractivity (Wildman–Crippen MR) is 137 cm³/mol. The average molecular weight is 496 g/mol. The van der Waals surface area contributed by atoms with Gasteiger partial charge < -0.3 is 15.8 Å². The Bertz CT molecular complexity index is 1350. The highest BCUT2D eigenvalue weighted by atomic mass is 32.2. The first-order valence-electron chi connectivity index (χ1n) is 11.0. The summed E-state index contributed by atoms with van der Waals surface area (Å²) in [6.45, 7) is 7.74. The number of nitrogens with two attached hydrogens (primary N) is 1. The number of sulfonamides is 1. The van der Waals surface area contributed by atoms with Crippen molar-refractivity contribution < 1.29 is 22.7 Å². The molecule has 0 radical (unpaired) electrons. The van der Waals surface area contributed by atoms with Crippen molar-refractivity contribution in [1.82, 2.24) is 0 Å². The quantitative estimate of drug-likeness (QED) is 0.305. The molecule has 0 spiro atoms. The van der Waals surface area contributed by atoms with Gasteiger partial charge in [-0.25, -0.2) is 13.2 Å². The van der Waals surface area contributed by atoms with E-state index in [0.29, 0.717) is 22.6 Å². The molecule has 0 fully saturated rings. The lowest BCUT2D eigenvalue weighted by atomic mass is 9.82. The Morgan fingerprint density at radius 3 is 2.26 bits per heavy atom. The first-order valence-corrected chi connectivity index (χ1v) is 12.5. The Hall–Kier alpha value is -3.85. The maximum atomic E-state index is 12.9. The van der Waals surface area contributed by atoms with Crippen LogP contribution in [0.1, 0.15) is 27.7 Å². The molecule has 35 heavy (non-hydrogen) atoms. The fourth-order valence-electron chi connectivity index (χ4n) is 3.19. The normalized spacial score (nSPS) is 12.5. The third-order valence-corrected chi connectivity index (χ3v) is 6.97. The molecule has 0 heterocycles. The minimum absolute atomic E-state index is 0.0420. The number of carbonyl (C=O) groups excluding carboxylic acids is 2. The smallest absolute Gasteiger partial charge is 0.316 e.